The molecule has 0 bridgehead atoms. The summed E-state index contributed by atoms with van der Waals surface area (Å²) in [6.07, 6.45) is 0.809. The maximum Gasteiger partial charge on any atom is 0.321 e. The van der Waals surface area contributed by atoms with Crippen LogP contribution in [0.2, 0.25) is 0 Å². The number of nitrogens with one attached hydrogen (secondary N) is 2. The number of halogens is 2. The van der Waals surface area contributed by atoms with E-state index in [-0.39, 0.29) is 11.6 Å². The van der Waals surface area contributed by atoms with Gasteiger partial charge >= 0.3 is 6.03 Å². The lowest BCUT2D eigenvalue weighted by Crippen LogP contribution is -2.40. The van der Waals surface area contributed by atoms with Crippen LogP contribution in [0.25, 0.3) is 17.1 Å². The highest BCUT2D eigenvalue weighted by Crippen LogP contribution is 2.28. The number of carbonyl (C=O) groups is 2. The number of amides is 3. The predicted molar refractivity (Wildman–Crippen MR) is 118 cm³/mol. The van der Waals surface area contributed by atoms with Crippen molar-refractivity contribution in [2.75, 3.05) is 12.3 Å². The van der Waals surface area contributed by atoms with Crippen LogP contribution < -0.4 is 10.6 Å². The van der Waals surface area contributed by atoms with Crippen LogP contribution in [0.4, 0.5) is 13.6 Å². The van der Waals surface area contributed by atoms with Gasteiger partial charge in [-0.2, -0.15) is 0 Å². The van der Waals surface area contributed by atoms with E-state index >= 15 is 0 Å². The molecular formula is C22H23F2N5O2S. The first-order valence-corrected chi connectivity index (χ1v) is 11.0. The molecule has 0 aliphatic rings. The molecule has 0 saturated heterocycles. The minimum Gasteiger partial charge on any atom is -0.338 e. The Kier molecular flexibility index (Phi) is 7.93. The van der Waals surface area contributed by atoms with E-state index in [0.717, 1.165) is 18.2 Å². The van der Waals surface area contributed by atoms with Crippen molar-refractivity contribution in [2.24, 2.45) is 5.92 Å². The summed E-state index contributed by atoms with van der Waals surface area (Å²) in [7, 11) is 0. The van der Waals surface area contributed by atoms with E-state index in [1.807, 2.05) is 13.8 Å². The van der Waals surface area contributed by atoms with Gasteiger partial charge < -0.3 is 5.32 Å². The maximum absolute atomic E-state index is 13.4. The topological polar surface area (TPSA) is 88.9 Å². The van der Waals surface area contributed by atoms with Gasteiger partial charge in [0, 0.05) is 17.8 Å². The summed E-state index contributed by atoms with van der Waals surface area (Å²) < 4.78 is 28.4. The van der Waals surface area contributed by atoms with Gasteiger partial charge in [-0.3, -0.25) is 14.7 Å². The molecule has 0 unspecified atom stereocenters. The summed E-state index contributed by atoms with van der Waals surface area (Å²) >= 11 is 1.07. The van der Waals surface area contributed by atoms with E-state index in [1.54, 1.807) is 28.8 Å². The van der Waals surface area contributed by atoms with Gasteiger partial charge in [0.2, 0.25) is 5.91 Å². The Bertz CT molecular complexity index is 1070. The highest BCUT2D eigenvalue weighted by Gasteiger charge is 2.18. The van der Waals surface area contributed by atoms with Crippen molar-refractivity contribution in [2.45, 2.75) is 25.4 Å². The van der Waals surface area contributed by atoms with Gasteiger partial charge in [-0.15, -0.1) is 10.2 Å². The highest BCUT2D eigenvalue weighted by molar-refractivity contribution is 7.99. The summed E-state index contributed by atoms with van der Waals surface area (Å²) in [4.78, 5) is 24.0. The summed E-state index contributed by atoms with van der Waals surface area (Å²) in [5.74, 6) is -0.517. The highest BCUT2D eigenvalue weighted by atomic mass is 32.2. The van der Waals surface area contributed by atoms with Gasteiger partial charge in [-0.05, 0) is 60.9 Å². The third-order valence-corrected chi connectivity index (χ3v) is 5.34. The van der Waals surface area contributed by atoms with E-state index in [2.05, 4.69) is 20.8 Å². The van der Waals surface area contributed by atoms with E-state index in [1.165, 1.54) is 24.3 Å². The lowest BCUT2D eigenvalue weighted by atomic mass is 10.1. The predicted octanol–water partition coefficient (Wildman–Crippen LogP) is 4.18. The van der Waals surface area contributed by atoms with Crippen LogP contribution in [-0.2, 0) is 4.79 Å². The zero-order chi connectivity index (χ0) is 23.1. The number of nitrogens with zero attached hydrogens (tertiary/aromatic N) is 3. The fourth-order valence-electron chi connectivity index (χ4n) is 2.78. The van der Waals surface area contributed by atoms with E-state index in [0.29, 0.717) is 34.7 Å². The molecule has 7 nitrogen and oxygen atoms in total. The molecule has 3 rings (SSSR count). The van der Waals surface area contributed by atoms with Crippen molar-refractivity contribution < 1.29 is 18.4 Å². The third kappa shape index (κ3) is 6.36. The Labute approximate surface area is 188 Å². The third-order valence-electron chi connectivity index (χ3n) is 4.41. The normalized spacial score (nSPS) is 10.9. The second kappa shape index (κ2) is 10.9. The molecular weight excluding hydrogens is 436 g/mol. The van der Waals surface area contributed by atoms with Crippen molar-refractivity contribution in [1.82, 2.24) is 25.4 Å². The van der Waals surface area contributed by atoms with Gasteiger partial charge in [0.15, 0.2) is 11.0 Å². The van der Waals surface area contributed by atoms with E-state index in [4.69, 9.17) is 0 Å². The van der Waals surface area contributed by atoms with Gasteiger partial charge in [0.05, 0.1) is 5.75 Å². The van der Waals surface area contributed by atoms with Crippen LogP contribution in [-0.4, -0.2) is 39.0 Å². The zero-order valence-corrected chi connectivity index (χ0v) is 18.5. The summed E-state index contributed by atoms with van der Waals surface area (Å²) in [6, 6.07) is 10.9. The Hall–Kier alpha value is -3.27. The molecule has 0 fully saturated rings. The Morgan fingerprint density at radius 2 is 1.62 bits per heavy atom. The van der Waals surface area contributed by atoms with Gasteiger partial charge in [-0.25, -0.2) is 13.6 Å². The number of carbonyl (C=O) groups excluding carboxylic acids is 2. The average Bonchev–Trinajstić information content (AvgIpc) is 3.17. The first kappa shape index (κ1) is 23.4. The van der Waals surface area contributed by atoms with Crippen LogP contribution >= 0.6 is 11.8 Å². The minimum absolute atomic E-state index is 0.0830. The van der Waals surface area contributed by atoms with Crippen LogP contribution in [0, 0.1) is 17.6 Å². The molecule has 0 aliphatic carbocycles. The molecule has 1 heterocycles. The summed E-state index contributed by atoms with van der Waals surface area (Å²) in [6.45, 7) is 4.56. The SMILES string of the molecule is CC(C)CCNC(=O)NC(=O)CSc1nnc(-c2ccc(F)cc2)n1-c1ccc(F)cc1. The van der Waals surface area contributed by atoms with Crippen molar-refractivity contribution in [3.05, 3.63) is 60.2 Å². The average molecular weight is 460 g/mol. The van der Waals surface area contributed by atoms with E-state index in [9.17, 15) is 18.4 Å². The maximum atomic E-state index is 13.4. The molecule has 2 aromatic carbocycles. The molecule has 2 N–H and O–H groups in total. The van der Waals surface area contributed by atoms with Crippen molar-refractivity contribution >= 4 is 23.7 Å². The van der Waals surface area contributed by atoms with Crippen LogP contribution in [0.15, 0.2) is 53.7 Å². The molecule has 0 radical (unpaired) electrons. The molecule has 3 amide bonds. The molecule has 3 aromatic rings. The fourth-order valence-corrected chi connectivity index (χ4v) is 3.54. The number of hydrogen-bond acceptors (Lipinski definition) is 5. The molecule has 168 valence electrons. The first-order chi connectivity index (χ1) is 15.3. The van der Waals surface area contributed by atoms with Crippen molar-refractivity contribution in [1.29, 1.82) is 0 Å². The van der Waals surface area contributed by atoms with Gasteiger partial charge in [-0.1, -0.05) is 25.6 Å². The lowest BCUT2D eigenvalue weighted by molar-refractivity contribution is -0.117. The Morgan fingerprint density at radius 1 is 1.00 bits per heavy atom. The quantitative estimate of drug-likeness (QED) is 0.494. The monoisotopic (exact) mass is 459 g/mol. The molecule has 32 heavy (non-hydrogen) atoms. The number of benzene rings is 2. The Morgan fingerprint density at radius 3 is 2.25 bits per heavy atom. The number of rotatable bonds is 8. The van der Waals surface area contributed by atoms with Gasteiger partial charge in [0.25, 0.3) is 0 Å². The fraction of sp³-hybridized carbons (Fsp3) is 0.273. The molecule has 10 heteroatoms. The number of hydrogen-bond donors (Lipinski definition) is 2. The van der Waals surface area contributed by atoms with Crippen molar-refractivity contribution in [3.63, 3.8) is 0 Å². The Balaban J connectivity index is 1.75. The van der Waals surface area contributed by atoms with Crippen molar-refractivity contribution in [3.8, 4) is 17.1 Å². The van der Waals surface area contributed by atoms with Crippen LogP contribution in [0.5, 0.6) is 0 Å². The number of aromatic nitrogens is 3. The molecule has 0 atom stereocenters. The second-order valence-corrected chi connectivity index (χ2v) is 8.34. The van der Waals surface area contributed by atoms with Crippen LogP contribution in [0.3, 0.4) is 0 Å². The van der Waals surface area contributed by atoms with E-state index < -0.39 is 17.8 Å². The minimum atomic E-state index is -0.553. The van der Waals surface area contributed by atoms with Crippen LogP contribution in [0.1, 0.15) is 20.3 Å². The molecule has 0 aliphatic heterocycles. The lowest BCUT2D eigenvalue weighted by Gasteiger charge is -2.11. The largest absolute Gasteiger partial charge is 0.338 e. The van der Waals surface area contributed by atoms with Gasteiger partial charge in [0.1, 0.15) is 11.6 Å². The number of imide groups is 1. The summed E-state index contributed by atoms with van der Waals surface area (Å²) in [5, 5.41) is 13.6. The second-order valence-electron chi connectivity index (χ2n) is 7.40. The smallest absolute Gasteiger partial charge is 0.321 e. The standard InChI is InChI=1S/C22H23F2N5O2S/c1-14(2)11-12-25-21(31)26-19(30)13-32-22-28-27-20(15-3-5-16(23)6-4-15)29(22)18-9-7-17(24)8-10-18/h3-10,14H,11-13H2,1-2H3,(H2,25,26,30,31). The molecule has 1 aromatic heterocycles. The molecule has 0 saturated carbocycles. The summed E-state index contributed by atoms with van der Waals surface area (Å²) in [5.41, 5.74) is 1.18. The number of urea groups is 1. The zero-order valence-electron chi connectivity index (χ0n) is 17.6. The first-order valence-electron chi connectivity index (χ1n) is 10.0. The molecule has 0 spiro atoms. The number of thioether (sulfide) groups is 1.